The topological polar surface area (TPSA) is 35.6 Å². The minimum atomic E-state index is -4.44. The molecule has 1 amide bonds. The first-order valence-corrected chi connectivity index (χ1v) is 7.58. The molecule has 0 aromatic heterocycles. The third kappa shape index (κ3) is 4.94. The molecule has 0 spiro atoms. The Hall–Kier alpha value is -1.60. The molecule has 0 aliphatic carbocycles. The fourth-order valence-electron chi connectivity index (χ4n) is 2.74. The number of carbonyl (C=O) groups is 1. The van der Waals surface area contributed by atoms with Gasteiger partial charge in [0.25, 0.3) is 0 Å². The molecule has 1 aromatic carbocycles. The van der Waals surface area contributed by atoms with Gasteiger partial charge in [-0.05, 0) is 25.7 Å². The van der Waals surface area contributed by atoms with Gasteiger partial charge in [0.1, 0.15) is 0 Å². The molecule has 1 aromatic rings. The van der Waals surface area contributed by atoms with Crippen LogP contribution in [0.2, 0.25) is 0 Å². The number of amides is 1. The van der Waals surface area contributed by atoms with E-state index < -0.39 is 11.7 Å². The number of alkyl halides is 3. The first-order chi connectivity index (χ1) is 10.8. The normalized spacial score (nSPS) is 20.5. The van der Waals surface area contributed by atoms with Crippen LogP contribution in [-0.4, -0.2) is 62.0 Å². The lowest BCUT2D eigenvalue weighted by molar-refractivity contribution is -0.138. The van der Waals surface area contributed by atoms with E-state index >= 15 is 0 Å². The molecule has 1 aliphatic rings. The quantitative estimate of drug-likeness (QED) is 0.912. The third-order valence-electron chi connectivity index (χ3n) is 4.19. The summed E-state index contributed by atoms with van der Waals surface area (Å²) in [7, 11) is 4.00. The Labute approximate surface area is 134 Å². The number of hydrogen-bond donors (Lipinski definition) is 1. The average molecular weight is 329 g/mol. The second kappa shape index (κ2) is 7.31. The maximum atomic E-state index is 12.9. The molecule has 1 N–H and O–H groups in total. The van der Waals surface area contributed by atoms with Gasteiger partial charge in [-0.3, -0.25) is 9.69 Å². The van der Waals surface area contributed by atoms with Gasteiger partial charge in [-0.25, -0.2) is 0 Å². The van der Waals surface area contributed by atoms with Crippen LogP contribution < -0.4 is 5.32 Å². The maximum Gasteiger partial charge on any atom is 0.416 e. The summed E-state index contributed by atoms with van der Waals surface area (Å²) in [4.78, 5) is 16.3. The van der Waals surface area contributed by atoms with Crippen LogP contribution in [0.15, 0.2) is 24.3 Å². The van der Waals surface area contributed by atoms with Crippen LogP contribution in [0.4, 0.5) is 13.2 Å². The number of piperazine rings is 1. The van der Waals surface area contributed by atoms with Crippen molar-refractivity contribution in [3.8, 4) is 0 Å². The molecule has 128 valence electrons. The zero-order chi connectivity index (χ0) is 17.0. The number of rotatable bonds is 4. The molecular weight excluding hydrogens is 307 g/mol. The van der Waals surface area contributed by atoms with Crippen LogP contribution >= 0.6 is 0 Å². The van der Waals surface area contributed by atoms with E-state index in [9.17, 15) is 18.0 Å². The molecule has 1 aliphatic heterocycles. The zero-order valence-corrected chi connectivity index (χ0v) is 13.4. The highest BCUT2D eigenvalue weighted by Crippen LogP contribution is 2.31. The molecule has 4 nitrogen and oxygen atoms in total. The van der Waals surface area contributed by atoms with Gasteiger partial charge in [0, 0.05) is 32.2 Å². The van der Waals surface area contributed by atoms with Crippen LogP contribution in [0.3, 0.4) is 0 Å². The Balaban J connectivity index is 1.93. The van der Waals surface area contributed by atoms with Crippen LogP contribution in [0.1, 0.15) is 11.1 Å². The van der Waals surface area contributed by atoms with Crippen molar-refractivity contribution in [1.29, 1.82) is 0 Å². The number of nitrogens with zero attached hydrogens (tertiary/aromatic N) is 2. The molecule has 1 heterocycles. The van der Waals surface area contributed by atoms with Gasteiger partial charge in [0.15, 0.2) is 0 Å². The minimum Gasteiger partial charge on any atom is -0.354 e. The fraction of sp³-hybridized carbons (Fsp3) is 0.562. The Morgan fingerprint density at radius 1 is 1.26 bits per heavy atom. The monoisotopic (exact) mass is 329 g/mol. The average Bonchev–Trinajstić information content (AvgIpc) is 2.47. The summed E-state index contributed by atoms with van der Waals surface area (Å²) in [6.07, 6.45) is -4.70. The van der Waals surface area contributed by atoms with Crippen LogP contribution in [0.5, 0.6) is 0 Å². The predicted molar refractivity (Wildman–Crippen MR) is 82.1 cm³/mol. The van der Waals surface area contributed by atoms with Gasteiger partial charge in [-0.1, -0.05) is 18.2 Å². The Morgan fingerprint density at radius 2 is 1.96 bits per heavy atom. The van der Waals surface area contributed by atoms with E-state index in [1.54, 1.807) is 0 Å². The van der Waals surface area contributed by atoms with Gasteiger partial charge >= 0.3 is 6.18 Å². The van der Waals surface area contributed by atoms with Crippen molar-refractivity contribution in [3.05, 3.63) is 35.4 Å². The standard InChI is InChI=1S/C16H22F3N3O/c1-21-7-8-22(2)13(11-21)10-20-15(23)9-12-5-3-4-6-14(12)16(17,18)19/h3-6,13H,7-11H2,1-2H3,(H,20,23)/t13-/m1/s1. The van der Waals surface area contributed by atoms with E-state index in [-0.39, 0.29) is 23.9 Å². The molecule has 1 fully saturated rings. The molecule has 0 saturated carbocycles. The smallest absolute Gasteiger partial charge is 0.354 e. The number of carbonyl (C=O) groups excluding carboxylic acids is 1. The predicted octanol–water partition coefficient (Wildman–Crippen LogP) is 1.61. The maximum absolute atomic E-state index is 12.9. The fourth-order valence-corrected chi connectivity index (χ4v) is 2.74. The van der Waals surface area contributed by atoms with E-state index in [2.05, 4.69) is 15.1 Å². The molecule has 0 unspecified atom stereocenters. The van der Waals surface area contributed by atoms with Gasteiger partial charge in [0.2, 0.25) is 5.91 Å². The largest absolute Gasteiger partial charge is 0.416 e. The lowest BCUT2D eigenvalue weighted by Gasteiger charge is -2.37. The molecule has 0 bridgehead atoms. The Kier molecular flexibility index (Phi) is 5.64. The summed E-state index contributed by atoms with van der Waals surface area (Å²) in [5.41, 5.74) is -0.740. The van der Waals surface area contributed by atoms with Crippen molar-refractivity contribution in [1.82, 2.24) is 15.1 Å². The van der Waals surface area contributed by atoms with Gasteiger partial charge < -0.3 is 10.2 Å². The molecule has 1 atom stereocenters. The second-order valence-corrected chi connectivity index (χ2v) is 6.03. The van der Waals surface area contributed by atoms with Crippen molar-refractivity contribution in [2.45, 2.75) is 18.6 Å². The first kappa shape index (κ1) is 17.7. The van der Waals surface area contributed by atoms with E-state index in [0.717, 1.165) is 25.7 Å². The highest BCUT2D eigenvalue weighted by molar-refractivity contribution is 5.79. The van der Waals surface area contributed by atoms with Crippen molar-refractivity contribution >= 4 is 5.91 Å². The van der Waals surface area contributed by atoms with E-state index in [1.807, 2.05) is 14.1 Å². The number of halogens is 3. The zero-order valence-electron chi connectivity index (χ0n) is 13.4. The summed E-state index contributed by atoms with van der Waals surface area (Å²) >= 11 is 0. The molecular formula is C16H22F3N3O. The summed E-state index contributed by atoms with van der Waals surface area (Å²) in [5, 5.41) is 2.76. The van der Waals surface area contributed by atoms with Crippen LogP contribution in [-0.2, 0) is 17.4 Å². The molecule has 23 heavy (non-hydrogen) atoms. The molecule has 0 radical (unpaired) electrons. The van der Waals surface area contributed by atoms with Crippen molar-refractivity contribution in [2.75, 3.05) is 40.3 Å². The van der Waals surface area contributed by atoms with Crippen molar-refractivity contribution < 1.29 is 18.0 Å². The van der Waals surface area contributed by atoms with Crippen molar-refractivity contribution in [3.63, 3.8) is 0 Å². The second-order valence-electron chi connectivity index (χ2n) is 6.03. The highest BCUT2D eigenvalue weighted by Gasteiger charge is 2.33. The van der Waals surface area contributed by atoms with E-state index in [1.165, 1.54) is 18.2 Å². The van der Waals surface area contributed by atoms with Crippen LogP contribution in [0, 0.1) is 0 Å². The van der Waals surface area contributed by atoms with E-state index in [4.69, 9.17) is 0 Å². The van der Waals surface area contributed by atoms with E-state index in [0.29, 0.717) is 6.54 Å². The summed E-state index contributed by atoms with van der Waals surface area (Å²) in [5.74, 6) is -0.386. The summed E-state index contributed by atoms with van der Waals surface area (Å²) < 4.78 is 38.8. The Bertz CT molecular complexity index is 548. The SMILES string of the molecule is CN1CCN(C)[C@H](CNC(=O)Cc2ccccc2C(F)(F)F)C1. The first-order valence-electron chi connectivity index (χ1n) is 7.58. The van der Waals surface area contributed by atoms with Gasteiger partial charge in [0.05, 0.1) is 12.0 Å². The van der Waals surface area contributed by atoms with Crippen molar-refractivity contribution in [2.24, 2.45) is 0 Å². The number of benzene rings is 1. The van der Waals surface area contributed by atoms with Gasteiger partial charge in [-0.2, -0.15) is 13.2 Å². The summed E-state index contributed by atoms with van der Waals surface area (Å²) in [6, 6.07) is 5.38. The third-order valence-corrected chi connectivity index (χ3v) is 4.19. The lowest BCUT2D eigenvalue weighted by Crippen LogP contribution is -2.54. The minimum absolute atomic E-state index is 0.00613. The Morgan fingerprint density at radius 3 is 2.65 bits per heavy atom. The lowest BCUT2D eigenvalue weighted by atomic mass is 10.0. The molecule has 2 rings (SSSR count). The number of likely N-dealkylation sites (N-methyl/N-ethyl adjacent to an activating group) is 2. The highest BCUT2D eigenvalue weighted by atomic mass is 19.4. The number of hydrogen-bond acceptors (Lipinski definition) is 3. The van der Waals surface area contributed by atoms with Crippen LogP contribution in [0.25, 0.3) is 0 Å². The summed E-state index contributed by atoms with van der Waals surface area (Å²) in [6.45, 7) is 3.15. The van der Waals surface area contributed by atoms with Gasteiger partial charge in [-0.15, -0.1) is 0 Å². The molecule has 1 saturated heterocycles. The number of nitrogens with one attached hydrogen (secondary N) is 1. The molecule has 7 heteroatoms.